The van der Waals surface area contributed by atoms with Crippen molar-refractivity contribution in [3.05, 3.63) is 46.1 Å². The van der Waals surface area contributed by atoms with Crippen LogP contribution in [0.4, 0.5) is 5.69 Å². The van der Waals surface area contributed by atoms with Crippen LogP contribution in [0.15, 0.2) is 50.6 Å². The van der Waals surface area contributed by atoms with Crippen LogP contribution in [-0.2, 0) is 11.8 Å². The summed E-state index contributed by atoms with van der Waals surface area (Å²) in [5.74, 6) is -0.118. The van der Waals surface area contributed by atoms with Crippen LogP contribution in [0.25, 0.3) is 10.2 Å². The number of anilines is 1. The number of aromatic nitrogens is 2. The number of carbonyl (C=O) groups is 1. The molecule has 5 nitrogen and oxygen atoms in total. The molecule has 0 bridgehead atoms. The maximum atomic E-state index is 12.5. The third-order valence-electron chi connectivity index (χ3n) is 3.68. The van der Waals surface area contributed by atoms with E-state index in [1.54, 1.807) is 24.9 Å². The molecule has 2 aromatic heterocycles. The van der Waals surface area contributed by atoms with E-state index in [1.165, 1.54) is 27.7 Å². The summed E-state index contributed by atoms with van der Waals surface area (Å²) in [6.07, 6.45) is 1.97. The Labute approximate surface area is 157 Å². The number of rotatable bonds is 5. The highest BCUT2D eigenvalue weighted by molar-refractivity contribution is 8.00. The fraction of sp³-hybridized carbons (Fsp3) is 0.235. The first-order chi connectivity index (χ1) is 12.0. The van der Waals surface area contributed by atoms with E-state index in [4.69, 9.17) is 0 Å². The number of para-hydroxylation sites is 1. The highest BCUT2D eigenvalue weighted by Gasteiger charge is 2.19. The molecular weight excluding hydrogens is 374 g/mol. The fourth-order valence-corrected chi connectivity index (χ4v) is 4.51. The number of amides is 1. The van der Waals surface area contributed by atoms with Crippen LogP contribution < -0.4 is 10.9 Å². The lowest BCUT2D eigenvalue weighted by molar-refractivity contribution is -0.115. The number of hydrogen-bond acceptors (Lipinski definition) is 6. The molecule has 130 valence electrons. The zero-order valence-corrected chi connectivity index (χ0v) is 16.4. The first kappa shape index (κ1) is 18.0. The molecular formula is C17H17N3O2S3. The van der Waals surface area contributed by atoms with Gasteiger partial charge in [-0.1, -0.05) is 23.9 Å². The molecule has 1 N–H and O–H groups in total. The van der Waals surface area contributed by atoms with E-state index < -0.39 is 0 Å². The Hall–Kier alpha value is -1.77. The molecule has 25 heavy (non-hydrogen) atoms. The highest BCUT2D eigenvalue weighted by atomic mass is 32.2. The Morgan fingerprint density at radius 1 is 1.32 bits per heavy atom. The van der Waals surface area contributed by atoms with E-state index in [1.807, 2.05) is 42.8 Å². The maximum absolute atomic E-state index is 12.5. The summed E-state index contributed by atoms with van der Waals surface area (Å²) in [4.78, 5) is 31.1. The van der Waals surface area contributed by atoms with Gasteiger partial charge in [-0.25, -0.2) is 4.98 Å². The smallest absolute Gasteiger partial charge is 0.262 e. The van der Waals surface area contributed by atoms with Crippen molar-refractivity contribution in [1.82, 2.24) is 9.55 Å². The van der Waals surface area contributed by atoms with Crippen molar-refractivity contribution in [2.75, 3.05) is 11.6 Å². The number of carbonyl (C=O) groups excluding carboxylic acids is 1. The number of nitrogens with one attached hydrogen (secondary N) is 1. The standard InChI is InChI=1S/C17H17N3O2S3/c1-10(14(21)18-12-6-4-5-7-13(12)23-3)25-17-19-15-11(8-9-24-15)16(22)20(17)2/h4-10H,1-3H3,(H,18,21). The van der Waals surface area contributed by atoms with Gasteiger partial charge in [0, 0.05) is 11.9 Å². The van der Waals surface area contributed by atoms with Gasteiger partial charge in [-0.3, -0.25) is 14.2 Å². The molecule has 1 amide bonds. The van der Waals surface area contributed by atoms with Crippen molar-refractivity contribution in [3.63, 3.8) is 0 Å². The van der Waals surface area contributed by atoms with Crippen LogP contribution in [0.3, 0.4) is 0 Å². The second-order valence-electron chi connectivity index (χ2n) is 5.35. The van der Waals surface area contributed by atoms with Crippen LogP contribution in [0.2, 0.25) is 0 Å². The number of thioether (sulfide) groups is 2. The average molecular weight is 392 g/mol. The number of thiophene rings is 1. The SMILES string of the molecule is CSc1ccccc1NC(=O)C(C)Sc1nc2sccc2c(=O)n1C. The molecule has 0 radical (unpaired) electrons. The van der Waals surface area contributed by atoms with E-state index >= 15 is 0 Å². The Morgan fingerprint density at radius 2 is 2.08 bits per heavy atom. The van der Waals surface area contributed by atoms with Crippen molar-refractivity contribution in [2.24, 2.45) is 7.05 Å². The predicted octanol–water partition coefficient (Wildman–Crippen LogP) is 3.84. The molecule has 1 aromatic carbocycles. The molecule has 8 heteroatoms. The van der Waals surface area contributed by atoms with E-state index in [-0.39, 0.29) is 16.7 Å². The monoisotopic (exact) mass is 391 g/mol. The van der Waals surface area contributed by atoms with Gasteiger partial charge in [-0.2, -0.15) is 0 Å². The van der Waals surface area contributed by atoms with Crippen LogP contribution in [0.1, 0.15) is 6.92 Å². The van der Waals surface area contributed by atoms with Crippen molar-refractivity contribution < 1.29 is 4.79 Å². The molecule has 3 rings (SSSR count). The summed E-state index contributed by atoms with van der Waals surface area (Å²) >= 11 is 4.29. The lowest BCUT2D eigenvalue weighted by atomic mass is 10.3. The molecule has 0 saturated carbocycles. The van der Waals surface area contributed by atoms with Gasteiger partial charge >= 0.3 is 0 Å². The first-order valence-electron chi connectivity index (χ1n) is 7.56. The Morgan fingerprint density at radius 3 is 2.84 bits per heavy atom. The summed E-state index contributed by atoms with van der Waals surface area (Å²) in [5, 5.41) is 5.58. The van der Waals surface area contributed by atoms with Crippen molar-refractivity contribution >= 4 is 56.7 Å². The number of nitrogens with zero attached hydrogens (tertiary/aromatic N) is 2. The van der Waals surface area contributed by atoms with Gasteiger partial charge in [0.1, 0.15) is 4.83 Å². The van der Waals surface area contributed by atoms with Gasteiger partial charge in [0.2, 0.25) is 5.91 Å². The van der Waals surface area contributed by atoms with Crippen molar-refractivity contribution in [2.45, 2.75) is 22.2 Å². The van der Waals surface area contributed by atoms with E-state index in [0.29, 0.717) is 15.4 Å². The molecule has 0 aliphatic heterocycles. The largest absolute Gasteiger partial charge is 0.324 e. The zero-order chi connectivity index (χ0) is 18.0. The van der Waals surface area contributed by atoms with E-state index in [9.17, 15) is 9.59 Å². The molecule has 1 unspecified atom stereocenters. The topological polar surface area (TPSA) is 64.0 Å². The van der Waals surface area contributed by atoms with Crippen LogP contribution in [0.5, 0.6) is 0 Å². The first-order valence-corrected chi connectivity index (χ1v) is 10.5. The number of hydrogen-bond donors (Lipinski definition) is 1. The zero-order valence-electron chi connectivity index (χ0n) is 14.0. The van der Waals surface area contributed by atoms with Gasteiger partial charge in [-0.05, 0) is 36.8 Å². The highest BCUT2D eigenvalue weighted by Crippen LogP contribution is 2.27. The second kappa shape index (κ2) is 7.63. The summed E-state index contributed by atoms with van der Waals surface area (Å²) < 4.78 is 1.50. The van der Waals surface area contributed by atoms with Gasteiger partial charge < -0.3 is 5.32 Å². The van der Waals surface area contributed by atoms with Gasteiger partial charge in [0.15, 0.2) is 5.16 Å². The molecule has 0 fully saturated rings. The minimum absolute atomic E-state index is 0.0888. The molecule has 0 spiro atoms. The Bertz CT molecular complexity index is 981. The normalized spacial score (nSPS) is 12.3. The summed E-state index contributed by atoms with van der Waals surface area (Å²) in [7, 11) is 1.68. The second-order valence-corrected chi connectivity index (χ2v) is 8.40. The lowest BCUT2D eigenvalue weighted by Crippen LogP contribution is -2.25. The molecule has 3 aromatic rings. The summed E-state index contributed by atoms with van der Waals surface area (Å²) in [5.41, 5.74) is 0.706. The van der Waals surface area contributed by atoms with Gasteiger partial charge in [0.05, 0.1) is 16.3 Å². The predicted molar refractivity (Wildman–Crippen MR) is 107 cm³/mol. The number of fused-ring (bicyclic) bond motifs is 1. The minimum Gasteiger partial charge on any atom is -0.324 e. The van der Waals surface area contributed by atoms with Crippen LogP contribution in [0, 0.1) is 0 Å². The third-order valence-corrected chi connectivity index (χ3v) is 6.43. The fourth-order valence-electron chi connectivity index (χ4n) is 2.28. The molecule has 1 atom stereocenters. The van der Waals surface area contributed by atoms with Crippen LogP contribution in [-0.4, -0.2) is 27.0 Å². The minimum atomic E-state index is -0.384. The maximum Gasteiger partial charge on any atom is 0.262 e. The Kier molecular flexibility index (Phi) is 5.51. The number of benzene rings is 1. The van der Waals surface area contributed by atoms with Gasteiger partial charge in [0.25, 0.3) is 5.56 Å². The lowest BCUT2D eigenvalue weighted by Gasteiger charge is -2.15. The van der Waals surface area contributed by atoms with Crippen LogP contribution >= 0.6 is 34.9 Å². The quantitative estimate of drug-likeness (QED) is 0.529. The molecule has 0 saturated heterocycles. The van der Waals surface area contributed by atoms with E-state index in [0.717, 1.165) is 10.6 Å². The van der Waals surface area contributed by atoms with Crippen molar-refractivity contribution in [1.29, 1.82) is 0 Å². The van der Waals surface area contributed by atoms with Gasteiger partial charge in [-0.15, -0.1) is 23.1 Å². The molecule has 0 aliphatic carbocycles. The third kappa shape index (κ3) is 3.75. The molecule has 2 heterocycles. The Balaban J connectivity index is 1.80. The summed E-state index contributed by atoms with van der Waals surface area (Å²) in [6.45, 7) is 1.81. The van der Waals surface area contributed by atoms with Crippen molar-refractivity contribution in [3.8, 4) is 0 Å². The molecule has 0 aliphatic rings. The summed E-state index contributed by atoms with van der Waals surface area (Å²) in [6, 6.07) is 9.46. The van der Waals surface area contributed by atoms with E-state index in [2.05, 4.69) is 10.3 Å². The average Bonchev–Trinajstić information content (AvgIpc) is 3.08.